The van der Waals surface area contributed by atoms with Gasteiger partial charge in [-0.25, -0.2) is 9.37 Å². The van der Waals surface area contributed by atoms with Gasteiger partial charge in [0.25, 0.3) is 0 Å². The number of thiazole rings is 1. The van der Waals surface area contributed by atoms with Crippen molar-refractivity contribution in [2.24, 2.45) is 0 Å². The maximum absolute atomic E-state index is 13.0. The van der Waals surface area contributed by atoms with Crippen LogP contribution in [-0.2, 0) is 4.79 Å². The predicted octanol–water partition coefficient (Wildman–Crippen LogP) is 4.74. The van der Waals surface area contributed by atoms with E-state index in [4.69, 9.17) is 0 Å². The van der Waals surface area contributed by atoms with E-state index in [1.165, 1.54) is 23.5 Å². The molecule has 2 aromatic carbocycles. The van der Waals surface area contributed by atoms with Gasteiger partial charge in [0, 0.05) is 35.2 Å². The van der Waals surface area contributed by atoms with Crippen LogP contribution in [-0.4, -0.2) is 17.4 Å². The summed E-state index contributed by atoms with van der Waals surface area (Å²) >= 11 is 1.53. The van der Waals surface area contributed by atoms with Crippen LogP contribution in [0.25, 0.3) is 21.8 Å². The molecular formula is C19H15FN2OS. The molecule has 1 aliphatic heterocycles. The Morgan fingerprint density at radius 3 is 2.67 bits per heavy atom. The molecule has 1 amide bonds. The van der Waals surface area contributed by atoms with Crippen LogP contribution < -0.4 is 4.90 Å². The Kier molecular flexibility index (Phi) is 3.86. The van der Waals surface area contributed by atoms with E-state index in [0.29, 0.717) is 6.42 Å². The van der Waals surface area contributed by atoms with Gasteiger partial charge in [0.2, 0.25) is 5.91 Å². The van der Waals surface area contributed by atoms with E-state index < -0.39 is 0 Å². The Labute approximate surface area is 143 Å². The van der Waals surface area contributed by atoms with Gasteiger partial charge in [-0.15, -0.1) is 11.3 Å². The number of carbonyl (C=O) groups excluding carboxylic acids is 1. The Morgan fingerprint density at radius 1 is 1.08 bits per heavy atom. The van der Waals surface area contributed by atoms with Gasteiger partial charge >= 0.3 is 0 Å². The van der Waals surface area contributed by atoms with Crippen LogP contribution in [0.1, 0.15) is 12.8 Å². The Bertz CT molecular complexity index is 888. The minimum absolute atomic E-state index is 0.178. The molecule has 0 radical (unpaired) electrons. The van der Waals surface area contributed by atoms with Crippen molar-refractivity contribution in [3.8, 4) is 21.8 Å². The van der Waals surface area contributed by atoms with Gasteiger partial charge in [-0.2, -0.15) is 0 Å². The first-order chi connectivity index (χ1) is 11.7. The van der Waals surface area contributed by atoms with Gasteiger partial charge in [-0.05, 0) is 42.8 Å². The molecule has 5 heteroatoms. The second-order valence-corrected chi connectivity index (χ2v) is 6.60. The van der Waals surface area contributed by atoms with E-state index in [1.807, 2.05) is 34.5 Å². The third kappa shape index (κ3) is 2.83. The molecule has 4 rings (SSSR count). The molecule has 3 aromatic rings. The van der Waals surface area contributed by atoms with Gasteiger partial charge in [-0.3, -0.25) is 4.79 Å². The fourth-order valence-electron chi connectivity index (χ4n) is 2.89. The standard InChI is InChI=1S/C19H15FN2OS/c20-15-8-6-13(7-9-15)19-21-17(12-24-19)14-3-1-4-16(11-14)22-10-2-5-18(22)23/h1,3-4,6-9,11-12H,2,5,10H2. The van der Waals surface area contributed by atoms with Crippen molar-refractivity contribution in [2.75, 3.05) is 11.4 Å². The first-order valence-electron chi connectivity index (χ1n) is 7.83. The first kappa shape index (κ1) is 15.0. The number of aromatic nitrogens is 1. The smallest absolute Gasteiger partial charge is 0.227 e. The van der Waals surface area contributed by atoms with Crippen molar-refractivity contribution in [1.29, 1.82) is 0 Å². The van der Waals surface area contributed by atoms with Gasteiger partial charge in [0.1, 0.15) is 10.8 Å². The number of amides is 1. The number of rotatable bonds is 3. The lowest BCUT2D eigenvalue weighted by atomic mass is 10.1. The molecule has 1 aliphatic rings. The minimum Gasteiger partial charge on any atom is -0.312 e. The summed E-state index contributed by atoms with van der Waals surface area (Å²) in [5.74, 6) is -0.0732. The van der Waals surface area contributed by atoms with Crippen LogP contribution in [0.15, 0.2) is 53.9 Å². The molecule has 2 heterocycles. The van der Waals surface area contributed by atoms with Crippen molar-refractivity contribution >= 4 is 22.9 Å². The molecule has 24 heavy (non-hydrogen) atoms. The maximum atomic E-state index is 13.0. The molecule has 1 aromatic heterocycles. The lowest BCUT2D eigenvalue weighted by Gasteiger charge is -2.16. The lowest BCUT2D eigenvalue weighted by Crippen LogP contribution is -2.23. The number of carbonyl (C=O) groups is 1. The van der Waals surface area contributed by atoms with E-state index in [2.05, 4.69) is 4.98 Å². The average molecular weight is 338 g/mol. The van der Waals surface area contributed by atoms with Gasteiger partial charge in [0.15, 0.2) is 0 Å². The number of benzene rings is 2. The molecule has 1 saturated heterocycles. The highest BCUT2D eigenvalue weighted by Gasteiger charge is 2.22. The maximum Gasteiger partial charge on any atom is 0.227 e. The van der Waals surface area contributed by atoms with Crippen molar-refractivity contribution in [3.05, 3.63) is 59.7 Å². The molecule has 3 nitrogen and oxygen atoms in total. The van der Waals surface area contributed by atoms with E-state index >= 15 is 0 Å². The Balaban J connectivity index is 1.65. The van der Waals surface area contributed by atoms with Crippen LogP contribution in [0, 0.1) is 5.82 Å². The fourth-order valence-corrected chi connectivity index (χ4v) is 3.72. The van der Waals surface area contributed by atoms with Crippen LogP contribution in [0.3, 0.4) is 0 Å². The summed E-state index contributed by atoms with van der Waals surface area (Å²) in [4.78, 5) is 18.4. The third-order valence-electron chi connectivity index (χ3n) is 4.12. The summed E-state index contributed by atoms with van der Waals surface area (Å²) in [6.45, 7) is 0.778. The number of nitrogens with zero attached hydrogens (tertiary/aromatic N) is 2. The van der Waals surface area contributed by atoms with Crippen LogP contribution >= 0.6 is 11.3 Å². The molecule has 120 valence electrons. The number of hydrogen-bond donors (Lipinski definition) is 0. The predicted molar refractivity (Wildman–Crippen MR) is 94.5 cm³/mol. The van der Waals surface area contributed by atoms with Crippen molar-refractivity contribution in [2.45, 2.75) is 12.8 Å². The molecule has 0 bridgehead atoms. The lowest BCUT2D eigenvalue weighted by molar-refractivity contribution is -0.117. The summed E-state index contributed by atoms with van der Waals surface area (Å²) in [5, 5.41) is 2.84. The fraction of sp³-hybridized carbons (Fsp3) is 0.158. The molecule has 0 atom stereocenters. The van der Waals surface area contributed by atoms with E-state index in [1.54, 1.807) is 12.1 Å². The molecule has 0 unspecified atom stereocenters. The largest absolute Gasteiger partial charge is 0.312 e. The van der Waals surface area contributed by atoms with E-state index in [-0.39, 0.29) is 11.7 Å². The summed E-state index contributed by atoms with van der Waals surface area (Å²) < 4.78 is 13.0. The van der Waals surface area contributed by atoms with Crippen molar-refractivity contribution in [3.63, 3.8) is 0 Å². The zero-order chi connectivity index (χ0) is 16.5. The topological polar surface area (TPSA) is 33.2 Å². The number of hydrogen-bond acceptors (Lipinski definition) is 3. The molecule has 0 spiro atoms. The number of anilines is 1. The van der Waals surface area contributed by atoms with E-state index in [0.717, 1.165) is 40.5 Å². The Hall–Kier alpha value is -2.53. The average Bonchev–Trinajstić information content (AvgIpc) is 3.25. The first-order valence-corrected chi connectivity index (χ1v) is 8.71. The minimum atomic E-state index is -0.251. The summed E-state index contributed by atoms with van der Waals surface area (Å²) in [6, 6.07) is 14.3. The molecule has 0 saturated carbocycles. The van der Waals surface area contributed by atoms with Crippen molar-refractivity contribution in [1.82, 2.24) is 4.98 Å². The third-order valence-corrected chi connectivity index (χ3v) is 5.01. The van der Waals surface area contributed by atoms with Crippen molar-refractivity contribution < 1.29 is 9.18 Å². The highest BCUT2D eigenvalue weighted by atomic mass is 32.1. The monoisotopic (exact) mass is 338 g/mol. The zero-order valence-electron chi connectivity index (χ0n) is 12.9. The second-order valence-electron chi connectivity index (χ2n) is 5.74. The van der Waals surface area contributed by atoms with Gasteiger partial charge in [-0.1, -0.05) is 12.1 Å². The highest BCUT2D eigenvalue weighted by molar-refractivity contribution is 7.13. The van der Waals surface area contributed by atoms with Crippen LogP contribution in [0.2, 0.25) is 0 Å². The summed E-state index contributed by atoms with van der Waals surface area (Å²) in [5.41, 5.74) is 3.68. The normalized spacial score (nSPS) is 14.4. The zero-order valence-corrected chi connectivity index (χ0v) is 13.7. The van der Waals surface area contributed by atoms with E-state index in [9.17, 15) is 9.18 Å². The van der Waals surface area contributed by atoms with Crippen LogP contribution in [0.5, 0.6) is 0 Å². The second kappa shape index (κ2) is 6.17. The Morgan fingerprint density at radius 2 is 1.92 bits per heavy atom. The van der Waals surface area contributed by atoms with Gasteiger partial charge in [0.05, 0.1) is 5.69 Å². The molecular weight excluding hydrogens is 323 g/mol. The molecule has 0 N–H and O–H groups in total. The van der Waals surface area contributed by atoms with Crippen LogP contribution in [0.4, 0.5) is 10.1 Å². The quantitative estimate of drug-likeness (QED) is 0.691. The number of halogens is 1. The SMILES string of the molecule is O=C1CCCN1c1cccc(-c2csc(-c3ccc(F)cc3)n2)c1. The highest BCUT2D eigenvalue weighted by Crippen LogP contribution is 2.31. The summed E-state index contributed by atoms with van der Waals surface area (Å²) in [6.07, 6.45) is 1.53. The summed E-state index contributed by atoms with van der Waals surface area (Å²) in [7, 11) is 0. The molecule has 0 aliphatic carbocycles. The molecule has 1 fully saturated rings. The van der Waals surface area contributed by atoms with Gasteiger partial charge < -0.3 is 4.90 Å².